The van der Waals surface area contributed by atoms with E-state index < -0.39 is 18.0 Å². The molecule has 0 amide bonds. The number of carboxylic acid groups (broad SMARTS) is 2. The number of nitro groups is 1. The van der Waals surface area contributed by atoms with Gasteiger partial charge in [-0.25, -0.2) is 9.59 Å². The number of nitro benzene ring substituents is 1. The maximum Gasteiger partial charge on any atom is 0.414 e. The lowest BCUT2D eigenvalue weighted by Crippen LogP contribution is -2.31. The number of aliphatic hydroxyl groups is 1. The van der Waals surface area contributed by atoms with Gasteiger partial charge in [-0.05, 0) is 41.7 Å². The van der Waals surface area contributed by atoms with E-state index in [0.29, 0.717) is 11.6 Å². The normalized spacial score (nSPS) is 15.6. The van der Waals surface area contributed by atoms with Gasteiger partial charge in [-0.3, -0.25) is 10.1 Å². The van der Waals surface area contributed by atoms with Gasteiger partial charge in [0.1, 0.15) is 0 Å². The summed E-state index contributed by atoms with van der Waals surface area (Å²) in [7, 11) is 0. The number of nitrogens with zero attached hydrogens (tertiary/aromatic N) is 1. The minimum Gasteiger partial charge on any atom is -0.473 e. The first-order valence-electron chi connectivity index (χ1n) is 9.26. The first-order valence-corrected chi connectivity index (χ1v) is 9.64. The topological polar surface area (TPSA) is 150 Å². The monoisotopic (exact) mass is 448 g/mol. The van der Waals surface area contributed by atoms with Crippen LogP contribution >= 0.6 is 11.6 Å². The Bertz CT molecular complexity index is 981. The number of hydrogen-bond acceptors (Lipinski definition) is 6. The molecular formula is C21H21ClN2O7. The average molecular weight is 449 g/mol. The summed E-state index contributed by atoms with van der Waals surface area (Å²) in [6, 6.07) is 12.3. The molecule has 0 saturated heterocycles. The Labute approximate surface area is 182 Å². The van der Waals surface area contributed by atoms with Crippen molar-refractivity contribution >= 4 is 35.3 Å². The van der Waals surface area contributed by atoms with Crippen molar-refractivity contribution in [2.45, 2.75) is 25.0 Å². The summed E-state index contributed by atoms with van der Waals surface area (Å²) < 4.78 is 0. The number of carboxylic acids is 2. The average Bonchev–Trinajstić information content (AvgIpc) is 2.94. The van der Waals surface area contributed by atoms with E-state index in [1.807, 2.05) is 30.4 Å². The highest BCUT2D eigenvalue weighted by atomic mass is 35.5. The Morgan fingerprint density at radius 3 is 2.52 bits per heavy atom. The number of nitrogens with one attached hydrogen (secondary N) is 1. The minimum atomic E-state index is -1.82. The largest absolute Gasteiger partial charge is 0.473 e. The zero-order valence-corrected chi connectivity index (χ0v) is 17.0. The molecule has 10 heteroatoms. The number of halogens is 1. The molecule has 0 bridgehead atoms. The van der Waals surface area contributed by atoms with E-state index >= 15 is 0 Å². The highest BCUT2D eigenvalue weighted by Gasteiger charge is 2.16. The number of benzene rings is 2. The third-order valence-corrected chi connectivity index (χ3v) is 4.80. The van der Waals surface area contributed by atoms with Crippen LogP contribution in [0.4, 0.5) is 5.69 Å². The standard InChI is InChI=1S/C19H19ClN2O3.C2H2O4/c20-16-3-1-2-15(10-16)19(23)12-21-17-7-4-13-6-9-18(22(24)25)11-14(13)5-8-17;3-1(4)2(5)6/h1-3,5-6,8-11,17,19,21,23H,4,7,12H2;(H,3,4)(H,5,6)/t17?,19-;/m0./s1. The first-order chi connectivity index (χ1) is 14.7. The van der Waals surface area contributed by atoms with E-state index in [-0.39, 0.29) is 16.7 Å². The number of aliphatic carboxylic acids is 2. The van der Waals surface area contributed by atoms with Crippen LogP contribution in [0.1, 0.15) is 29.2 Å². The summed E-state index contributed by atoms with van der Waals surface area (Å²) in [5, 5.41) is 39.9. The number of rotatable bonds is 5. The highest BCUT2D eigenvalue weighted by Crippen LogP contribution is 2.24. The fourth-order valence-corrected chi connectivity index (χ4v) is 3.17. The third kappa shape index (κ3) is 7.49. The SMILES string of the molecule is O=C(O)C(=O)O.O=[N+]([O-])c1ccc2c(c1)C=CC(NC[C@H](O)c1cccc(Cl)c1)CC2. The summed E-state index contributed by atoms with van der Waals surface area (Å²) >= 11 is 5.96. The predicted octanol–water partition coefficient (Wildman–Crippen LogP) is 3.06. The molecule has 0 spiro atoms. The molecule has 0 heterocycles. The van der Waals surface area contributed by atoms with Gasteiger partial charge in [0.2, 0.25) is 0 Å². The van der Waals surface area contributed by atoms with Crippen LogP contribution in [-0.2, 0) is 16.0 Å². The summed E-state index contributed by atoms with van der Waals surface area (Å²) in [4.78, 5) is 28.7. The van der Waals surface area contributed by atoms with Gasteiger partial charge >= 0.3 is 11.9 Å². The summed E-state index contributed by atoms with van der Waals surface area (Å²) in [5.74, 6) is -3.65. The second-order valence-corrected chi connectivity index (χ2v) is 7.17. The number of hydrogen-bond donors (Lipinski definition) is 4. The Kier molecular flexibility index (Phi) is 8.68. The molecule has 0 aromatic heterocycles. The fourth-order valence-electron chi connectivity index (χ4n) is 2.97. The minimum absolute atomic E-state index is 0.0975. The number of aliphatic hydroxyl groups excluding tert-OH is 1. The lowest BCUT2D eigenvalue weighted by atomic mass is 10.0. The number of aryl methyl sites for hydroxylation is 1. The Morgan fingerprint density at radius 1 is 1.19 bits per heavy atom. The van der Waals surface area contributed by atoms with Crippen molar-refractivity contribution in [2.24, 2.45) is 0 Å². The number of non-ortho nitro benzene ring substituents is 1. The summed E-state index contributed by atoms with van der Waals surface area (Å²) in [6.45, 7) is 0.409. The van der Waals surface area contributed by atoms with Crippen LogP contribution in [0, 0.1) is 10.1 Å². The van der Waals surface area contributed by atoms with Crippen LogP contribution in [0.2, 0.25) is 5.02 Å². The van der Waals surface area contributed by atoms with Gasteiger partial charge in [0.15, 0.2) is 0 Å². The first kappa shape index (κ1) is 24.0. The molecule has 0 fully saturated rings. The maximum absolute atomic E-state index is 10.9. The second-order valence-electron chi connectivity index (χ2n) is 6.73. The van der Waals surface area contributed by atoms with Crippen molar-refractivity contribution in [3.63, 3.8) is 0 Å². The second kappa shape index (κ2) is 11.2. The fraction of sp³-hybridized carbons (Fsp3) is 0.238. The lowest BCUT2D eigenvalue weighted by Gasteiger charge is -2.17. The van der Waals surface area contributed by atoms with Gasteiger partial charge in [-0.2, -0.15) is 0 Å². The van der Waals surface area contributed by atoms with Gasteiger partial charge in [-0.1, -0.05) is 42.0 Å². The van der Waals surface area contributed by atoms with Crippen LogP contribution in [0.25, 0.3) is 6.08 Å². The molecule has 0 saturated carbocycles. The molecule has 0 aliphatic heterocycles. The van der Waals surface area contributed by atoms with Crippen molar-refractivity contribution in [1.82, 2.24) is 5.32 Å². The Balaban J connectivity index is 0.000000501. The van der Waals surface area contributed by atoms with Gasteiger partial charge < -0.3 is 20.6 Å². The van der Waals surface area contributed by atoms with E-state index in [0.717, 1.165) is 29.5 Å². The molecule has 1 unspecified atom stereocenters. The van der Waals surface area contributed by atoms with E-state index in [1.54, 1.807) is 24.3 Å². The maximum atomic E-state index is 10.9. The predicted molar refractivity (Wildman–Crippen MR) is 114 cm³/mol. The van der Waals surface area contributed by atoms with Gasteiger partial charge in [0, 0.05) is 29.7 Å². The van der Waals surface area contributed by atoms with Crippen LogP contribution in [0.3, 0.4) is 0 Å². The molecule has 164 valence electrons. The molecule has 2 atom stereocenters. The number of fused-ring (bicyclic) bond motifs is 1. The van der Waals surface area contributed by atoms with Crippen LogP contribution in [-0.4, -0.2) is 44.8 Å². The molecule has 1 aliphatic carbocycles. The molecular weight excluding hydrogens is 428 g/mol. The van der Waals surface area contributed by atoms with Crippen LogP contribution in [0.5, 0.6) is 0 Å². The van der Waals surface area contributed by atoms with Gasteiger partial charge in [-0.15, -0.1) is 0 Å². The van der Waals surface area contributed by atoms with Gasteiger partial charge in [0.25, 0.3) is 5.69 Å². The molecule has 0 radical (unpaired) electrons. The molecule has 2 aromatic rings. The van der Waals surface area contributed by atoms with Crippen LogP contribution in [0.15, 0.2) is 48.5 Å². The van der Waals surface area contributed by atoms with E-state index in [9.17, 15) is 15.2 Å². The quantitative estimate of drug-likeness (QED) is 0.309. The highest BCUT2D eigenvalue weighted by molar-refractivity contribution is 6.30. The third-order valence-electron chi connectivity index (χ3n) is 4.56. The van der Waals surface area contributed by atoms with E-state index in [4.69, 9.17) is 31.4 Å². The molecule has 1 aliphatic rings. The van der Waals surface area contributed by atoms with Crippen molar-refractivity contribution in [3.8, 4) is 0 Å². The van der Waals surface area contributed by atoms with Crippen molar-refractivity contribution in [2.75, 3.05) is 6.54 Å². The molecule has 31 heavy (non-hydrogen) atoms. The smallest absolute Gasteiger partial charge is 0.414 e. The van der Waals surface area contributed by atoms with E-state index in [2.05, 4.69) is 5.32 Å². The van der Waals surface area contributed by atoms with E-state index in [1.165, 1.54) is 0 Å². The Morgan fingerprint density at radius 2 is 1.90 bits per heavy atom. The van der Waals surface area contributed by atoms with Crippen molar-refractivity contribution < 1.29 is 29.8 Å². The van der Waals surface area contributed by atoms with Crippen molar-refractivity contribution in [3.05, 3.63) is 80.4 Å². The lowest BCUT2D eigenvalue weighted by molar-refractivity contribution is -0.384. The zero-order chi connectivity index (χ0) is 23.0. The molecule has 3 rings (SSSR count). The van der Waals surface area contributed by atoms with Crippen LogP contribution < -0.4 is 5.32 Å². The summed E-state index contributed by atoms with van der Waals surface area (Å²) in [5.41, 5.74) is 2.86. The van der Waals surface area contributed by atoms with Gasteiger partial charge in [0.05, 0.1) is 11.0 Å². The molecule has 2 aromatic carbocycles. The molecule has 4 N–H and O–H groups in total. The summed E-state index contributed by atoms with van der Waals surface area (Å²) in [6.07, 6.45) is 4.97. The Hall–Kier alpha value is -3.27. The van der Waals surface area contributed by atoms with Crippen molar-refractivity contribution in [1.29, 1.82) is 0 Å². The number of carbonyl (C=O) groups is 2. The molecule has 9 nitrogen and oxygen atoms in total. The zero-order valence-electron chi connectivity index (χ0n) is 16.3.